The Morgan fingerprint density at radius 1 is 0.824 bits per heavy atom. The molecule has 0 aliphatic rings. The Hall–Kier alpha value is -1.82. The molecule has 0 saturated carbocycles. The molecule has 0 saturated heterocycles. The third-order valence-electron chi connectivity index (χ3n) is 3.13. The van der Waals surface area contributed by atoms with Crippen molar-refractivity contribution in [3.8, 4) is 0 Å². The van der Waals surface area contributed by atoms with Crippen molar-refractivity contribution in [3.63, 3.8) is 0 Å². The lowest BCUT2D eigenvalue weighted by Gasteiger charge is -2.07. The van der Waals surface area contributed by atoms with Gasteiger partial charge < -0.3 is 0 Å². The predicted molar refractivity (Wildman–Crippen MR) is 75.9 cm³/mol. The molecule has 17 heavy (non-hydrogen) atoms. The highest BCUT2D eigenvalue weighted by Gasteiger charge is 2.00. The van der Waals surface area contributed by atoms with Crippen LogP contribution in [0.1, 0.15) is 29.2 Å². The first-order valence-corrected chi connectivity index (χ1v) is 5.98. The molecule has 0 unspecified atom stereocenters. The maximum absolute atomic E-state index is 2.26. The Bertz CT molecular complexity index is 547. The summed E-state index contributed by atoms with van der Waals surface area (Å²) < 4.78 is 0. The summed E-state index contributed by atoms with van der Waals surface area (Å²) in [5, 5.41) is 0. The van der Waals surface area contributed by atoms with E-state index in [2.05, 4.69) is 75.4 Å². The zero-order valence-corrected chi connectivity index (χ0v) is 10.7. The lowest BCUT2D eigenvalue weighted by atomic mass is 9.98. The molecule has 0 aliphatic heterocycles. The van der Waals surface area contributed by atoms with Gasteiger partial charge in [-0.05, 0) is 48.6 Å². The molecule has 0 aromatic heterocycles. The van der Waals surface area contributed by atoms with Crippen LogP contribution in [-0.4, -0.2) is 0 Å². The Labute approximate surface area is 104 Å². The van der Waals surface area contributed by atoms with Gasteiger partial charge in [0, 0.05) is 0 Å². The normalized spacial score (nSPS) is 11.6. The van der Waals surface area contributed by atoms with Gasteiger partial charge in [0.1, 0.15) is 0 Å². The van der Waals surface area contributed by atoms with Gasteiger partial charge in [0.15, 0.2) is 0 Å². The van der Waals surface area contributed by atoms with Gasteiger partial charge in [-0.3, -0.25) is 0 Å². The van der Waals surface area contributed by atoms with Crippen molar-refractivity contribution >= 4 is 11.6 Å². The quantitative estimate of drug-likeness (QED) is 0.636. The highest BCUT2D eigenvalue weighted by Crippen LogP contribution is 2.22. The minimum Gasteiger partial charge on any atom is -0.0620 e. The minimum absolute atomic E-state index is 1.30. The van der Waals surface area contributed by atoms with E-state index in [1.54, 1.807) is 0 Å². The second-order valence-electron chi connectivity index (χ2n) is 4.50. The number of benzene rings is 2. The Morgan fingerprint density at radius 3 is 2.06 bits per heavy atom. The monoisotopic (exact) mass is 222 g/mol. The summed E-state index contributed by atoms with van der Waals surface area (Å²) in [5.41, 5.74) is 6.59. The summed E-state index contributed by atoms with van der Waals surface area (Å²) in [4.78, 5) is 0. The van der Waals surface area contributed by atoms with Crippen LogP contribution >= 0.6 is 0 Å². The fourth-order valence-corrected chi connectivity index (χ4v) is 2.08. The fraction of sp³-hybridized carbons (Fsp3) is 0.176. The van der Waals surface area contributed by atoms with Gasteiger partial charge in [-0.25, -0.2) is 0 Å². The van der Waals surface area contributed by atoms with E-state index >= 15 is 0 Å². The molecule has 0 aliphatic carbocycles. The highest BCUT2D eigenvalue weighted by molar-refractivity contribution is 5.82. The first-order valence-electron chi connectivity index (χ1n) is 5.98. The second-order valence-corrected chi connectivity index (χ2v) is 4.50. The minimum atomic E-state index is 1.30. The van der Waals surface area contributed by atoms with E-state index in [4.69, 9.17) is 0 Å². The first kappa shape index (κ1) is 11.7. The van der Waals surface area contributed by atoms with Gasteiger partial charge in [-0.2, -0.15) is 0 Å². The molecule has 0 fully saturated rings. The van der Waals surface area contributed by atoms with Crippen molar-refractivity contribution < 1.29 is 0 Å². The molecule has 0 spiro atoms. The fourth-order valence-electron chi connectivity index (χ4n) is 2.08. The molecule has 0 nitrogen and oxygen atoms in total. The van der Waals surface area contributed by atoms with Gasteiger partial charge in [0.2, 0.25) is 0 Å². The Balaban J connectivity index is 2.42. The molecule has 2 rings (SSSR count). The van der Waals surface area contributed by atoms with Crippen molar-refractivity contribution in [2.75, 3.05) is 0 Å². The number of allylic oxidation sites excluding steroid dienone is 1. The van der Waals surface area contributed by atoms with Crippen LogP contribution in [0, 0.1) is 13.8 Å². The van der Waals surface area contributed by atoms with E-state index in [0.717, 1.165) is 0 Å². The summed E-state index contributed by atoms with van der Waals surface area (Å²) in [6.07, 6.45) is 2.26. The maximum Gasteiger partial charge on any atom is -0.0198 e. The van der Waals surface area contributed by atoms with Crippen molar-refractivity contribution in [2.24, 2.45) is 0 Å². The molecule has 0 heterocycles. The van der Waals surface area contributed by atoms with Crippen molar-refractivity contribution in [3.05, 3.63) is 70.8 Å². The molecule has 0 heteroatoms. The van der Waals surface area contributed by atoms with Gasteiger partial charge in [-0.1, -0.05) is 54.6 Å². The van der Waals surface area contributed by atoms with Crippen molar-refractivity contribution in [1.82, 2.24) is 0 Å². The molecular weight excluding hydrogens is 204 g/mol. The summed E-state index contributed by atoms with van der Waals surface area (Å²) in [6, 6.07) is 17.0. The van der Waals surface area contributed by atoms with Crippen molar-refractivity contribution in [1.29, 1.82) is 0 Å². The molecule has 0 amide bonds. The molecule has 2 aromatic carbocycles. The van der Waals surface area contributed by atoms with E-state index in [-0.39, 0.29) is 0 Å². The van der Waals surface area contributed by atoms with Crippen LogP contribution in [0.25, 0.3) is 11.6 Å². The van der Waals surface area contributed by atoms with Crippen LogP contribution in [0.15, 0.2) is 48.5 Å². The third-order valence-corrected chi connectivity index (χ3v) is 3.13. The van der Waals surface area contributed by atoms with Gasteiger partial charge in [-0.15, -0.1) is 0 Å². The van der Waals surface area contributed by atoms with Crippen LogP contribution in [0.3, 0.4) is 0 Å². The molecule has 0 radical (unpaired) electrons. The maximum atomic E-state index is 2.26. The highest BCUT2D eigenvalue weighted by atomic mass is 14.1. The van der Waals surface area contributed by atoms with E-state index < -0.39 is 0 Å². The summed E-state index contributed by atoms with van der Waals surface area (Å²) in [6.45, 7) is 6.48. The summed E-state index contributed by atoms with van der Waals surface area (Å²) >= 11 is 0. The second kappa shape index (κ2) is 5.01. The van der Waals surface area contributed by atoms with Crippen LogP contribution in [0.2, 0.25) is 0 Å². The molecule has 86 valence electrons. The van der Waals surface area contributed by atoms with Gasteiger partial charge in [0.05, 0.1) is 0 Å². The smallest absolute Gasteiger partial charge is 0.0198 e. The SMILES string of the molecule is CC(=Cc1ccccc1C)c1ccccc1C. The Morgan fingerprint density at radius 2 is 1.41 bits per heavy atom. The topological polar surface area (TPSA) is 0 Å². The molecule has 2 aromatic rings. The number of hydrogen-bond acceptors (Lipinski definition) is 0. The summed E-state index contributed by atoms with van der Waals surface area (Å²) in [5.74, 6) is 0. The largest absolute Gasteiger partial charge is 0.0620 e. The lowest BCUT2D eigenvalue weighted by molar-refractivity contribution is 1.40. The first-order chi connectivity index (χ1) is 8.18. The average molecular weight is 222 g/mol. The number of hydrogen-bond donors (Lipinski definition) is 0. The van der Waals surface area contributed by atoms with Crippen LogP contribution in [-0.2, 0) is 0 Å². The third kappa shape index (κ3) is 2.65. The molecule has 0 N–H and O–H groups in total. The summed E-state index contributed by atoms with van der Waals surface area (Å²) in [7, 11) is 0. The molecular formula is C17H18. The van der Waals surface area contributed by atoms with E-state index in [1.807, 2.05) is 0 Å². The van der Waals surface area contributed by atoms with Gasteiger partial charge >= 0.3 is 0 Å². The zero-order chi connectivity index (χ0) is 12.3. The Kier molecular flexibility index (Phi) is 3.43. The van der Waals surface area contributed by atoms with Gasteiger partial charge in [0.25, 0.3) is 0 Å². The predicted octanol–water partition coefficient (Wildman–Crippen LogP) is 4.86. The molecule has 0 bridgehead atoms. The van der Waals surface area contributed by atoms with Crippen LogP contribution in [0.4, 0.5) is 0 Å². The van der Waals surface area contributed by atoms with Crippen LogP contribution in [0.5, 0.6) is 0 Å². The number of aryl methyl sites for hydroxylation is 2. The van der Waals surface area contributed by atoms with Crippen LogP contribution < -0.4 is 0 Å². The average Bonchev–Trinajstić information content (AvgIpc) is 2.32. The standard InChI is InChI=1S/C17H18/c1-13-8-4-6-10-16(13)12-15(3)17-11-7-5-9-14(17)2/h4-12H,1-3H3. The molecule has 0 atom stereocenters. The van der Waals surface area contributed by atoms with Crippen molar-refractivity contribution in [2.45, 2.75) is 20.8 Å². The lowest BCUT2D eigenvalue weighted by Crippen LogP contribution is -1.86. The van der Waals surface area contributed by atoms with E-state index in [1.165, 1.54) is 27.8 Å². The van der Waals surface area contributed by atoms with E-state index in [0.29, 0.717) is 0 Å². The van der Waals surface area contributed by atoms with E-state index in [9.17, 15) is 0 Å². The number of rotatable bonds is 2. The zero-order valence-electron chi connectivity index (χ0n) is 10.7.